The summed E-state index contributed by atoms with van der Waals surface area (Å²) in [4.78, 5) is 35.2. The van der Waals surface area contributed by atoms with Crippen molar-refractivity contribution in [3.05, 3.63) is 24.3 Å². The van der Waals surface area contributed by atoms with Gasteiger partial charge in [0.15, 0.2) is 0 Å². The third-order valence-corrected chi connectivity index (χ3v) is 3.28. The summed E-state index contributed by atoms with van der Waals surface area (Å²) in [7, 11) is 0. The van der Waals surface area contributed by atoms with Gasteiger partial charge in [-0.15, -0.1) is 0 Å². The molecule has 0 aliphatic carbocycles. The van der Waals surface area contributed by atoms with E-state index in [4.69, 9.17) is 14.2 Å². The Kier molecular flexibility index (Phi) is 9.03. The SMILES string of the molecule is C=C(C)C(=O)OCC(C)(COC(=O)C(=C)C)CC(=O)OC(C)CC. The molecule has 0 aromatic carbocycles. The molecule has 0 bridgehead atoms. The minimum atomic E-state index is -0.902. The van der Waals surface area contributed by atoms with Gasteiger partial charge in [0.05, 0.1) is 12.5 Å². The Bertz CT molecular complexity index is 476. The average Bonchev–Trinajstić information content (AvgIpc) is 2.49. The Hall–Kier alpha value is -2.11. The predicted molar refractivity (Wildman–Crippen MR) is 90.1 cm³/mol. The maximum atomic E-state index is 12.0. The van der Waals surface area contributed by atoms with Crippen LogP contribution in [0.2, 0.25) is 0 Å². The lowest BCUT2D eigenvalue weighted by molar-refractivity contribution is -0.160. The van der Waals surface area contributed by atoms with Crippen molar-refractivity contribution < 1.29 is 28.6 Å². The second-order valence-corrected chi connectivity index (χ2v) is 6.41. The average molecular weight is 340 g/mol. The molecule has 0 fully saturated rings. The van der Waals surface area contributed by atoms with Gasteiger partial charge in [-0.1, -0.05) is 27.0 Å². The van der Waals surface area contributed by atoms with Gasteiger partial charge in [-0.3, -0.25) is 4.79 Å². The van der Waals surface area contributed by atoms with Gasteiger partial charge in [-0.05, 0) is 27.2 Å². The van der Waals surface area contributed by atoms with E-state index in [2.05, 4.69) is 13.2 Å². The molecule has 1 atom stereocenters. The van der Waals surface area contributed by atoms with Crippen LogP contribution in [0, 0.1) is 5.41 Å². The third kappa shape index (κ3) is 8.50. The molecule has 6 nitrogen and oxygen atoms in total. The van der Waals surface area contributed by atoms with Gasteiger partial charge in [0.1, 0.15) is 13.2 Å². The van der Waals surface area contributed by atoms with E-state index in [1.807, 2.05) is 6.92 Å². The largest absolute Gasteiger partial charge is 0.463 e. The summed E-state index contributed by atoms with van der Waals surface area (Å²) in [5.74, 6) is -1.57. The van der Waals surface area contributed by atoms with Gasteiger partial charge in [0.2, 0.25) is 0 Å². The van der Waals surface area contributed by atoms with Crippen molar-refractivity contribution >= 4 is 17.9 Å². The topological polar surface area (TPSA) is 78.9 Å². The zero-order chi connectivity index (χ0) is 18.9. The predicted octanol–water partition coefficient (Wildman–Crippen LogP) is 2.96. The molecule has 1 unspecified atom stereocenters. The van der Waals surface area contributed by atoms with Crippen molar-refractivity contribution in [2.75, 3.05) is 13.2 Å². The Morgan fingerprint density at radius 3 is 1.75 bits per heavy atom. The number of ether oxygens (including phenoxy) is 3. The summed E-state index contributed by atoms with van der Waals surface area (Å²) in [5.41, 5.74) is -0.405. The highest BCUT2D eigenvalue weighted by atomic mass is 16.6. The summed E-state index contributed by atoms with van der Waals surface area (Å²) in [6, 6.07) is 0. The second kappa shape index (κ2) is 9.90. The molecule has 0 heterocycles. The molecule has 24 heavy (non-hydrogen) atoms. The van der Waals surface area contributed by atoms with E-state index >= 15 is 0 Å². The minimum absolute atomic E-state index is 0.0513. The smallest absolute Gasteiger partial charge is 0.333 e. The number of carbonyl (C=O) groups is 3. The molecular weight excluding hydrogens is 312 g/mol. The minimum Gasteiger partial charge on any atom is -0.463 e. The molecule has 0 aromatic rings. The van der Waals surface area contributed by atoms with E-state index in [1.165, 1.54) is 13.8 Å². The van der Waals surface area contributed by atoms with Gasteiger partial charge in [0.25, 0.3) is 0 Å². The van der Waals surface area contributed by atoms with E-state index < -0.39 is 23.3 Å². The standard InChI is InChI=1S/C18H28O6/c1-8-14(6)24-15(19)9-18(7,10-22-16(20)12(2)3)11-23-17(21)13(4)5/h14H,2,4,8-11H2,1,3,5-7H3. The quantitative estimate of drug-likeness (QED) is 0.346. The van der Waals surface area contributed by atoms with Crippen molar-refractivity contribution in [2.24, 2.45) is 5.41 Å². The summed E-state index contributed by atoms with van der Waals surface area (Å²) >= 11 is 0. The van der Waals surface area contributed by atoms with Crippen LogP contribution in [0.15, 0.2) is 24.3 Å². The summed E-state index contributed by atoms with van der Waals surface area (Å²) in [6.07, 6.45) is 0.430. The Morgan fingerprint density at radius 1 is 1.00 bits per heavy atom. The lowest BCUT2D eigenvalue weighted by atomic mass is 9.88. The Morgan fingerprint density at radius 2 is 1.42 bits per heavy atom. The molecular formula is C18H28O6. The lowest BCUT2D eigenvalue weighted by Crippen LogP contribution is -2.35. The fourth-order valence-electron chi connectivity index (χ4n) is 1.57. The van der Waals surface area contributed by atoms with Crippen LogP contribution in [0.5, 0.6) is 0 Å². The number of esters is 3. The first-order chi connectivity index (χ1) is 11.0. The maximum absolute atomic E-state index is 12.0. The monoisotopic (exact) mass is 340 g/mol. The van der Waals surface area contributed by atoms with Crippen molar-refractivity contribution in [3.8, 4) is 0 Å². The normalized spacial score (nSPS) is 12.0. The molecule has 0 rings (SSSR count). The molecule has 6 heteroatoms. The van der Waals surface area contributed by atoms with Gasteiger partial charge >= 0.3 is 17.9 Å². The first-order valence-electron chi connectivity index (χ1n) is 7.85. The second-order valence-electron chi connectivity index (χ2n) is 6.41. The molecule has 0 aliphatic rings. The first-order valence-corrected chi connectivity index (χ1v) is 7.85. The summed E-state index contributed by atoms with van der Waals surface area (Å²) in [5, 5.41) is 0. The van der Waals surface area contributed by atoms with Crippen LogP contribution in [0.4, 0.5) is 0 Å². The summed E-state index contributed by atoms with van der Waals surface area (Å²) in [6.45, 7) is 15.2. The molecule has 0 saturated carbocycles. The van der Waals surface area contributed by atoms with Crippen LogP contribution in [-0.2, 0) is 28.6 Å². The van der Waals surface area contributed by atoms with Crippen LogP contribution in [0.25, 0.3) is 0 Å². The van der Waals surface area contributed by atoms with Crippen LogP contribution in [0.3, 0.4) is 0 Å². The molecule has 0 radical (unpaired) electrons. The highest BCUT2D eigenvalue weighted by Gasteiger charge is 2.33. The van der Waals surface area contributed by atoms with Crippen molar-refractivity contribution in [1.29, 1.82) is 0 Å². The third-order valence-electron chi connectivity index (χ3n) is 3.28. The highest BCUT2D eigenvalue weighted by molar-refractivity contribution is 5.87. The van der Waals surface area contributed by atoms with Gasteiger partial charge in [-0.25, -0.2) is 9.59 Å². The van der Waals surface area contributed by atoms with Crippen LogP contribution < -0.4 is 0 Å². The van der Waals surface area contributed by atoms with E-state index in [9.17, 15) is 14.4 Å². The fourth-order valence-corrected chi connectivity index (χ4v) is 1.57. The summed E-state index contributed by atoms with van der Waals surface area (Å²) < 4.78 is 15.5. The zero-order valence-corrected chi connectivity index (χ0v) is 15.3. The van der Waals surface area contributed by atoms with E-state index in [1.54, 1.807) is 13.8 Å². The molecule has 0 N–H and O–H groups in total. The number of hydrogen-bond acceptors (Lipinski definition) is 6. The molecule has 0 aliphatic heterocycles. The zero-order valence-electron chi connectivity index (χ0n) is 15.3. The molecule has 136 valence electrons. The van der Waals surface area contributed by atoms with Crippen molar-refractivity contribution in [1.82, 2.24) is 0 Å². The Balaban J connectivity index is 4.94. The molecule has 0 amide bonds. The Labute approximate surface area is 143 Å². The van der Waals surface area contributed by atoms with E-state index in [0.717, 1.165) is 0 Å². The molecule has 0 aromatic heterocycles. The van der Waals surface area contributed by atoms with Gasteiger partial charge in [0, 0.05) is 16.6 Å². The van der Waals surface area contributed by atoms with E-state index in [-0.39, 0.29) is 36.9 Å². The van der Waals surface area contributed by atoms with Crippen molar-refractivity contribution in [2.45, 2.75) is 53.6 Å². The molecule has 0 spiro atoms. The van der Waals surface area contributed by atoms with Crippen molar-refractivity contribution in [3.63, 3.8) is 0 Å². The van der Waals surface area contributed by atoms with Gasteiger partial charge < -0.3 is 14.2 Å². The fraction of sp³-hybridized carbons (Fsp3) is 0.611. The number of carbonyl (C=O) groups excluding carboxylic acids is 3. The van der Waals surface area contributed by atoms with E-state index in [0.29, 0.717) is 6.42 Å². The van der Waals surface area contributed by atoms with Gasteiger partial charge in [-0.2, -0.15) is 0 Å². The number of hydrogen-bond donors (Lipinski definition) is 0. The van der Waals surface area contributed by atoms with Crippen LogP contribution in [0.1, 0.15) is 47.5 Å². The first kappa shape index (κ1) is 21.9. The highest BCUT2D eigenvalue weighted by Crippen LogP contribution is 2.25. The maximum Gasteiger partial charge on any atom is 0.333 e. The molecule has 0 saturated heterocycles. The lowest BCUT2D eigenvalue weighted by Gasteiger charge is -2.28. The van der Waals surface area contributed by atoms with Crippen LogP contribution >= 0.6 is 0 Å². The van der Waals surface area contributed by atoms with Crippen LogP contribution in [-0.4, -0.2) is 37.2 Å². The number of rotatable bonds is 10.